The fraction of sp³-hybridized carbons (Fsp3) is 0.0500. The van der Waals surface area contributed by atoms with Crippen molar-refractivity contribution >= 4 is 40.6 Å². The molecular formula is C20H16N2O4S. The zero-order chi connectivity index (χ0) is 19.4. The number of carboxylic acid groups (broad SMARTS) is 1. The molecule has 1 amide bonds. The number of carbonyl (C=O) groups excluding carboxylic acids is 1. The molecule has 136 valence electrons. The van der Waals surface area contributed by atoms with Gasteiger partial charge in [0.1, 0.15) is 11.3 Å². The highest BCUT2D eigenvalue weighted by atomic mass is 32.2. The van der Waals surface area contributed by atoms with E-state index in [-0.39, 0.29) is 17.2 Å². The Morgan fingerprint density at radius 1 is 1.19 bits per heavy atom. The van der Waals surface area contributed by atoms with E-state index in [1.54, 1.807) is 19.2 Å². The summed E-state index contributed by atoms with van der Waals surface area (Å²) in [4.78, 5) is 29.6. The molecule has 0 saturated carbocycles. The average molecular weight is 380 g/mol. The lowest BCUT2D eigenvalue weighted by Gasteiger charge is -2.07. The van der Waals surface area contributed by atoms with Crippen LogP contribution < -0.4 is 0 Å². The van der Waals surface area contributed by atoms with Crippen molar-refractivity contribution in [1.82, 2.24) is 4.90 Å². The summed E-state index contributed by atoms with van der Waals surface area (Å²) in [5.41, 5.74) is 1.19. The first-order valence-electron chi connectivity index (χ1n) is 8.00. The molecule has 0 atom stereocenters. The van der Waals surface area contributed by atoms with Crippen LogP contribution in [0, 0.1) is 0 Å². The maximum Gasteiger partial charge on any atom is 0.339 e. The second kappa shape index (κ2) is 7.92. The van der Waals surface area contributed by atoms with Gasteiger partial charge < -0.3 is 10.2 Å². The minimum Gasteiger partial charge on any atom is -0.507 e. The SMILES string of the molecule is CN1C(=O)/C(=C/C=C/c2ccccc2)SC1=Nc1ccc(C(=O)O)c(O)c1. The van der Waals surface area contributed by atoms with E-state index < -0.39 is 5.97 Å². The first-order valence-corrected chi connectivity index (χ1v) is 8.81. The maximum absolute atomic E-state index is 12.4. The van der Waals surface area contributed by atoms with Crippen LogP contribution in [0.1, 0.15) is 15.9 Å². The summed E-state index contributed by atoms with van der Waals surface area (Å²) in [7, 11) is 1.61. The van der Waals surface area contributed by atoms with E-state index in [1.165, 1.54) is 34.9 Å². The fourth-order valence-electron chi connectivity index (χ4n) is 2.36. The lowest BCUT2D eigenvalue weighted by molar-refractivity contribution is -0.121. The Morgan fingerprint density at radius 2 is 1.93 bits per heavy atom. The molecule has 1 aliphatic heterocycles. The Morgan fingerprint density at radius 3 is 2.59 bits per heavy atom. The quantitative estimate of drug-likeness (QED) is 0.786. The van der Waals surface area contributed by atoms with E-state index in [0.717, 1.165) is 5.56 Å². The van der Waals surface area contributed by atoms with Gasteiger partial charge >= 0.3 is 5.97 Å². The Kier molecular flexibility index (Phi) is 5.42. The molecule has 1 aliphatic rings. The van der Waals surface area contributed by atoms with Gasteiger partial charge in [-0.25, -0.2) is 9.79 Å². The molecule has 0 spiro atoms. The lowest BCUT2D eigenvalue weighted by atomic mass is 10.2. The summed E-state index contributed by atoms with van der Waals surface area (Å²) >= 11 is 1.21. The van der Waals surface area contributed by atoms with Gasteiger partial charge in [-0.05, 0) is 35.5 Å². The molecule has 0 unspecified atom stereocenters. The summed E-state index contributed by atoms with van der Waals surface area (Å²) in [5.74, 6) is -1.77. The lowest BCUT2D eigenvalue weighted by Crippen LogP contribution is -2.23. The van der Waals surface area contributed by atoms with Crippen molar-refractivity contribution in [2.75, 3.05) is 7.05 Å². The second-order valence-electron chi connectivity index (χ2n) is 5.67. The number of phenols is 1. The number of amides is 1. The summed E-state index contributed by atoms with van der Waals surface area (Å²) < 4.78 is 0. The van der Waals surface area contributed by atoms with Gasteiger partial charge in [0, 0.05) is 13.1 Å². The molecule has 1 fully saturated rings. The van der Waals surface area contributed by atoms with Gasteiger partial charge in [0.25, 0.3) is 5.91 Å². The van der Waals surface area contributed by atoms with Gasteiger partial charge in [-0.3, -0.25) is 9.69 Å². The average Bonchev–Trinajstić information content (AvgIpc) is 2.90. The minimum absolute atomic E-state index is 0.178. The molecule has 3 rings (SSSR count). The third-order valence-corrected chi connectivity index (χ3v) is 4.85. The number of thioether (sulfide) groups is 1. The van der Waals surface area contributed by atoms with E-state index >= 15 is 0 Å². The molecular weight excluding hydrogens is 364 g/mol. The summed E-state index contributed by atoms with van der Waals surface area (Å²) in [6.07, 6.45) is 5.43. The van der Waals surface area contributed by atoms with E-state index in [0.29, 0.717) is 15.8 Å². The van der Waals surface area contributed by atoms with Gasteiger partial charge in [0.2, 0.25) is 0 Å². The number of aromatic hydroxyl groups is 1. The molecule has 2 aromatic carbocycles. The molecule has 27 heavy (non-hydrogen) atoms. The second-order valence-corrected chi connectivity index (χ2v) is 6.68. The Labute approximate surface area is 160 Å². The number of aromatic carboxylic acids is 1. The van der Waals surface area contributed by atoms with Crippen LogP contribution in [-0.2, 0) is 4.79 Å². The van der Waals surface area contributed by atoms with Gasteiger partial charge in [-0.2, -0.15) is 0 Å². The van der Waals surface area contributed by atoms with Crippen LogP contribution in [0.25, 0.3) is 6.08 Å². The number of hydrogen-bond acceptors (Lipinski definition) is 5. The number of benzene rings is 2. The van der Waals surface area contributed by atoms with Crippen molar-refractivity contribution in [3.05, 3.63) is 76.7 Å². The fourth-order valence-corrected chi connectivity index (χ4v) is 3.30. The summed E-state index contributed by atoms with van der Waals surface area (Å²) in [6, 6.07) is 13.7. The molecule has 0 radical (unpaired) electrons. The number of likely N-dealkylation sites (N-methyl/N-ethyl adjacent to an activating group) is 1. The van der Waals surface area contributed by atoms with Crippen molar-refractivity contribution in [3.63, 3.8) is 0 Å². The third-order valence-electron chi connectivity index (χ3n) is 3.78. The molecule has 2 N–H and O–H groups in total. The van der Waals surface area contributed by atoms with Crippen LogP contribution in [0.15, 0.2) is 70.6 Å². The molecule has 0 bridgehead atoms. The standard InChI is InChI=1S/C20H16N2O4S/c1-22-18(24)17(9-5-8-13-6-3-2-4-7-13)27-20(22)21-14-10-11-15(19(25)26)16(23)12-14/h2-12,23H,1H3,(H,25,26)/b8-5+,17-9-,21-20?. The van der Waals surface area contributed by atoms with Gasteiger partial charge in [-0.15, -0.1) is 0 Å². The Bertz CT molecular complexity index is 981. The van der Waals surface area contributed by atoms with Crippen LogP contribution in [0.4, 0.5) is 5.69 Å². The van der Waals surface area contributed by atoms with Crippen molar-refractivity contribution in [3.8, 4) is 5.75 Å². The van der Waals surface area contributed by atoms with E-state index in [2.05, 4.69) is 4.99 Å². The summed E-state index contributed by atoms with van der Waals surface area (Å²) in [6.45, 7) is 0. The normalized spacial score (nSPS) is 17.4. The number of allylic oxidation sites excluding steroid dienone is 2. The van der Waals surface area contributed by atoms with Crippen LogP contribution in [0.2, 0.25) is 0 Å². The van der Waals surface area contributed by atoms with Gasteiger partial charge in [0.05, 0.1) is 10.6 Å². The number of nitrogens with zero attached hydrogens (tertiary/aromatic N) is 2. The van der Waals surface area contributed by atoms with Crippen molar-refractivity contribution in [1.29, 1.82) is 0 Å². The van der Waals surface area contributed by atoms with Crippen molar-refractivity contribution < 1.29 is 19.8 Å². The third kappa shape index (κ3) is 4.27. The highest BCUT2D eigenvalue weighted by Crippen LogP contribution is 2.33. The Balaban J connectivity index is 1.80. The van der Waals surface area contributed by atoms with Gasteiger partial charge in [-0.1, -0.05) is 42.5 Å². The first kappa shape index (κ1) is 18.5. The van der Waals surface area contributed by atoms with Crippen molar-refractivity contribution in [2.45, 2.75) is 0 Å². The molecule has 2 aromatic rings. The molecule has 0 aliphatic carbocycles. The predicted octanol–water partition coefficient (Wildman–Crippen LogP) is 3.88. The topological polar surface area (TPSA) is 90.2 Å². The molecule has 7 heteroatoms. The predicted molar refractivity (Wildman–Crippen MR) is 106 cm³/mol. The number of carboxylic acids is 1. The van der Waals surface area contributed by atoms with E-state index in [9.17, 15) is 14.7 Å². The molecule has 6 nitrogen and oxygen atoms in total. The zero-order valence-corrected chi connectivity index (χ0v) is 15.2. The van der Waals surface area contributed by atoms with E-state index in [4.69, 9.17) is 5.11 Å². The number of rotatable bonds is 4. The van der Waals surface area contributed by atoms with Crippen LogP contribution in [-0.4, -0.2) is 39.2 Å². The van der Waals surface area contributed by atoms with Crippen LogP contribution in [0.3, 0.4) is 0 Å². The number of carbonyl (C=O) groups is 2. The van der Waals surface area contributed by atoms with Crippen molar-refractivity contribution in [2.24, 2.45) is 4.99 Å². The van der Waals surface area contributed by atoms with Crippen LogP contribution in [0.5, 0.6) is 5.75 Å². The largest absolute Gasteiger partial charge is 0.507 e. The monoisotopic (exact) mass is 380 g/mol. The van der Waals surface area contributed by atoms with E-state index in [1.807, 2.05) is 36.4 Å². The van der Waals surface area contributed by atoms with Crippen LogP contribution >= 0.6 is 11.8 Å². The highest BCUT2D eigenvalue weighted by molar-refractivity contribution is 8.18. The molecule has 1 saturated heterocycles. The smallest absolute Gasteiger partial charge is 0.339 e. The molecule has 1 heterocycles. The molecule has 0 aromatic heterocycles. The number of hydrogen-bond donors (Lipinski definition) is 2. The Hall–Kier alpha value is -3.32. The first-order chi connectivity index (χ1) is 13.0. The van der Waals surface area contributed by atoms with Gasteiger partial charge in [0.15, 0.2) is 5.17 Å². The highest BCUT2D eigenvalue weighted by Gasteiger charge is 2.29. The summed E-state index contributed by atoms with van der Waals surface area (Å²) in [5, 5.41) is 19.2. The zero-order valence-electron chi connectivity index (χ0n) is 14.4. The minimum atomic E-state index is -1.22. The number of amidine groups is 1. The number of aliphatic imine (C=N–C) groups is 1. The maximum atomic E-state index is 12.4.